The van der Waals surface area contributed by atoms with E-state index in [9.17, 15) is 4.79 Å². The molecule has 78 valence electrons. The zero-order valence-corrected chi connectivity index (χ0v) is 12.4. The standard InChI is InChI=1S/C13H6I2O/c14-8-2-1-7-3-12-11(10(7)4-8)5-9(15)6-13(12)16/h1-6H. The van der Waals surface area contributed by atoms with Crippen LogP contribution in [0, 0.1) is 3.57 Å². The molecule has 0 aromatic heterocycles. The minimum Gasteiger partial charge on any atom is -0.289 e. The second-order valence-corrected chi connectivity index (χ2v) is 6.23. The zero-order valence-electron chi connectivity index (χ0n) is 8.13. The molecular formula is C13H6I2O. The first-order valence-corrected chi connectivity index (χ1v) is 6.96. The van der Waals surface area contributed by atoms with Crippen LogP contribution >= 0.6 is 45.2 Å². The van der Waals surface area contributed by atoms with Crippen molar-refractivity contribution in [2.75, 3.05) is 0 Å². The van der Waals surface area contributed by atoms with Gasteiger partial charge in [0.05, 0.1) is 0 Å². The van der Waals surface area contributed by atoms with Gasteiger partial charge in [0.25, 0.3) is 0 Å². The van der Waals surface area contributed by atoms with E-state index < -0.39 is 0 Å². The SMILES string of the molecule is O=C1C=C(I)C=C2C1=Cc1ccc(I)cc12. The molecule has 3 rings (SSSR count). The number of fused-ring (bicyclic) bond motifs is 3. The lowest BCUT2D eigenvalue weighted by atomic mass is 9.96. The van der Waals surface area contributed by atoms with Crippen LogP contribution in [0.1, 0.15) is 11.1 Å². The van der Waals surface area contributed by atoms with E-state index in [1.54, 1.807) is 6.08 Å². The van der Waals surface area contributed by atoms with Crippen molar-refractivity contribution in [2.45, 2.75) is 0 Å². The number of carbonyl (C=O) groups is 1. The maximum Gasteiger partial charge on any atom is 0.187 e. The minimum atomic E-state index is 0.119. The number of hydrogen-bond donors (Lipinski definition) is 0. The fourth-order valence-electron chi connectivity index (χ4n) is 2.01. The fraction of sp³-hybridized carbons (Fsp3) is 0. The molecule has 0 aliphatic heterocycles. The fourth-order valence-corrected chi connectivity index (χ4v) is 3.09. The Labute approximate surface area is 121 Å². The molecule has 0 heterocycles. The van der Waals surface area contributed by atoms with E-state index in [0.717, 1.165) is 20.3 Å². The van der Waals surface area contributed by atoms with E-state index in [0.29, 0.717) is 0 Å². The summed E-state index contributed by atoms with van der Waals surface area (Å²) in [5.74, 6) is 0.119. The predicted octanol–water partition coefficient (Wildman–Crippen LogP) is 3.97. The molecular weight excluding hydrogens is 426 g/mol. The molecule has 0 saturated carbocycles. The van der Waals surface area contributed by atoms with Crippen LogP contribution in [0.25, 0.3) is 11.6 Å². The van der Waals surface area contributed by atoms with E-state index in [2.05, 4.69) is 69.5 Å². The van der Waals surface area contributed by atoms with Crippen LogP contribution < -0.4 is 0 Å². The molecule has 0 unspecified atom stereocenters. The van der Waals surface area contributed by atoms with Crippen molar-refractivity contribution in [3.63, 3.8) is 0 Å². The van der Waals surface area contributed by atoms with Crippen molar-refractivity contribution in [2.24, 2.45) is 0 Å². The molecule has 2 aliphatic rings. The maximum atomic E-state index is 11.8. The van der Waals surface area contributed by atoms with Crippen LogP contribution in [-0.2, 0) is 4.79 Å². The Kier molecular flexibility index (Phi) is 2.54. The largest absolute Gasteiger partial charge is 0.289 e. The number of benzene rings is 1. The molecule has 1 aromatic carbocycles. The van der Waals surface area contributed by atoms with Crippen molar-refractivity contribution < 1.29 is 4.79 Å². The molecule has 16 heavy (non-hydrogen) atoms. The Morgan fingerprint density at radius 1 is 0.938 bits per heavy atom. The molecule has 0 saturated heterocycles. The molecule has 2 aliphatic carbocycles. The third-order valence-electron chi connectivity index (χ3n) is 2.71. The molecule has 1 nitrogen and oxygen atoms in total. The van der Waals surface area contributed by atoms with Gasteiger partial charge in [-0.15, -0.1) is 0 Å². The van der Waals surface area contributed by atoms with Crippen LogP contribution in [0.2, 0.25) is 0 Å². The first kappa shape index (κ1) is 10.7. The molecule has 0 fully saturated rings. The van der Waals surface area contributed by atoms with Gasteiger partial charge in [-0.3, -0.25) is 4.79 Å². The monoisotopic (exact) mass is 432 g/mol. The van der Waals surface area contributed by atoms with Crippen molar-refractivity contribution in [1.29, 1.82) is 0 Å². The predicted molar refractivity (Wildman–Crippen MR) is 82.2 cm³/mol. The number of allylic oxidation sites excluding steroid dienone is 5. The lowest BCUT2D eigenvalue weighted by Crippen LogP contribution is -2.02. The lowest BCUT2D eigenvalue weighted by molar-refractivity contribution is -0.110. The average Bonchev–Trinajstić information content (AvgIpc) is 2.57. The van der Waals surface area contributed by atoms with Gasteiger partial charge >= 0.3 is 0 Å². The second kappa shape index (κ2) is 3.80. The third-order valence-corrected chi connectivity index (χ3v) is 4.01. The smallest absolute Gasteiger partial charge is 0.187 e. The highest BCUT2D eigenvalue weighted by molar-refractivity contribution is 14.1. The third kappa shape index (κ3) is 1.60. The summed E-state index contributed by atoms with van der Waals surface area (Å²) in [7, 11) is 0. The number of halogens is 2. The summed E-state index contributed by atoms with van der Waals surface area (Å²) in [6, 6.07) is 6.27. The normalized spacial score (nSPS) is 17.4. The number of rotatable bonds is 0. The van der Waals surface area contributed by atoms with Crippen LogP contribution in [-0.4, -0.2) is 5.78 Å². The summed E-state index contributed by atoms with van der Waals surface area (Å²) < 4.78 is 2.20. The number of ketones is 1. The molecule has 0 amide bonds. The van der Waals surface area contributed by atoms with Crippen molar-refractivity contribution >= 4 is 62.6 Å². The first-order chi connectivity index (χ1) is 7.65. The Morgan fingerprint density at radius 2 is 1.75 bits per heavy atom. The molecule has 0 radical (unpaired) electrons. The molecule has 1 aromatic rings. The van der Waals surface area contributed by atoms with Gasteiger partial charge in [0, 0.05) is 12.7 Å². The zero-order chi connectivity index (χ0) is 11.3. The Bertz CT molecular complexity index is 606. The van der Waals surface area contributed by atoms with Crippen LogP contribution in [0.15, 0.2) is 39.5 Å². The Balaban J connectivity index is 2.26. The van der Waals surface area contributed by atoms with Crippen LogP contribution in [0.5, 0.6) is 0 Å². The highest BCUT2D eigenvalue weighted by Gasteiger charge is 2.25. The van der Waals surface area contributed by atoms with Crippen LogP contribution in [0.4, 0.5) is 0 Å². The molecule has 0 atom stereocenters. The van der Waals surface area contributed by atoms with Gasteiger partial charge in [0.1, 0.15) is 0 Å². The van der Waals surface area contributed by atoms with Gasteiger partial charge < -0.3 is 0 Å². The van der Waals surface area contributed by atoms with Gasteiger partial charge in [-0.1, -0.05) is 6.07 Å². The molecule has 3 heteroatoms. The van der Waals surface area contributed by atoms with Crippen LogP contribution in [0.3, 0.4) is 0 Å². The Hall–Kier alpha value is -0.430. The van der Waals surface area contributed by atoms with Gasteiger partial charge in [-0.2, -0.15) is 0 Å². The van der Waals surface area contributed by atoms with Crippen molar-refractivity contribution in [3.05, 3.63) is 54.2 Å². The van der Waals surface area contributed by atoms with Crippen molar-refractivity contribution in [3.8, 4) is 0 Å². The van der Waals surface area contributed by atoms with Gasteiger partial charge in [0.2, 0.25) is 0 Å². The first-order valence-electron chi connectivity index (χ1n) is 4.80. The van der Waals surface area contributed by atoms with Gasteiger partial charge in [-0.25, -0.2) is 0 Å². The summed E-state index contributed by atoms with van der Waals surface area (Å²) in [5, 5.41) is 0. The summed E-state index contributed by atoms with van der Waals surface area (Å²) in [6.45, 7) is 0. The minimum absolute atomic E-state index is 0.119. The number of hydrogen-bond acceptors (Lipinski definition) is 1. The quantitative estimate of drug-likeness (QED) is 0.568. The van der Waals surface area contributed by atoms with Gasteiger partial charge in [0.15, 0.2) is 5.78 Å². The second-order valence-electron chi connectivity index (χ2n) is 3.74. The van der Waals surface area contributed by atoms with Gasteiger partial charge in [-0.05, 0) is 92.2 Å². The molecule has 0 bridgehead atoms. The topological polar surface area (TPSA) is 17.1 Å². The van der Waals surface area contributed by atoms with E-state index in [4.69, 9.17) is 0 Å². The highest BCUT2D eigenvalue weighted by atomic mass is 127. The summed E-state index contributed by atoms with van der Waals surface area (Å²) in [5.41, 5.74) is 4.23. The molecule has 0 N–H and O–H groups in total. The Morgan fingerprint density at radius 3 is 2.56 bits per heavy atom. The van der Waals surface area contributed by atoms with E-state index in [-0.39, 0.29) is 5.78 Å². The number of carbonyl (C=O) groups excluding carboxylic acids is 1. The highest BCUT2D eigenvalue weighted by Crippen LogP contribution is 2.40. The summed E-state index contributed by atoms with van der Waals surface area (Å²) in [6.07, 6.45) is 5.75. The van der Waals surface area contributed by atoms with E-state index >= 15 is 0 Å². The van der Waals surface area contributed by atoms with E-state index in [1.807, 2.05) is 6.08 Å². The summed E-state index contributed by atoms with van der Waals surface area (Å²) >= 11 is 4.49. The van der Waals surface area contributed by atoms with E-state index in [1.165, 1.54) is 9.13 Å². The summed E-state index contributed by atoms with van der Waals surface area (Å²) in [4.78, 5) is 11.8. The maximum absolute atomic E-state index is 11.8. The lowest BCUT2D eigenvalue weighted by Gasteiger charge is -2.09. The average molecular weight is 432 g/mol. The van der Waals surface area contributed by atoms with Crippen molar-refractivity contribution in [1.82, 2.24) is 0 Å². The molecule has 0 spiro atoms.